The molecule has 0 bridgehead atoms. The Bertz CT molecular complexity index is 622. The van der Waals surface area contributed by atoms with E-state index in [1.54, 1.807) is 11.0 Å². The molecule has 0 spiro atoms. The second-order valence-electron chi connectivity index (χ2n) is 6.90. The van der Waals surface area contributed by atoms with Crippen LogP contribution in [-0.2, 0) is 4.74 Å². The van der Waals surface area contributed by atoms with E-state index in [0.29, 0.717) is 50.2 Å². The van der Waals surface area contributed by atoms with E-state index in [4.69, 9.17) is 25.8 Å². The summed E-state index contributed by atoms with van der Waals surface area (Å²) in [6, 6.07) is 3.66. The summed E-state index contributed by atoms with van der Waals surface area (Å²) < 4.78 is 16.8. The minimum atomic E-state index is -0.481. The van der Waals surface area contributed by atoms with Crippen LogP contribution < -0.4 is 14.4 Å². The molecule has 0 radical (unpaired) electrons. The Kier molecular flexibility index (Phi) is 4.67. The number of ether oxygens (including phenoxy) is 3. The molecule has 0 atom stereocenters. The first-order chi connectivity index (χ1) is 11.3. The summed E-state index contributed by atoms with van der Waals surface area (Å²) in [5.74, 6) is 1.41. The van der Waals surface area contributed by atoms with Crippen molar-refractivity contribution in [1.29, 1.82) is 0 Å². The zero-order valence-corrected chi connectivity index (χ0v) is 15.1. The Morgan fingerprint density at radius 2 is 1.79 bits per heavy atom. The van der Waals surface area contributed by atoms with Crippen molar-refractivity contribution in [1.82, 2.24) is 4.90 Å². The molecule has 1 saturated heterocycles. The molecule has 1 amide bonds. The standard InChI is InChI=1S/C17H23ClN2O4/c1-17(2,3)24-16(21)20-6-4-19(5-7-20)13-10-12(18)11-14-15(13)23-9-8-22-14/h10-11H,4-9H2,1-3H3. The highest BCUT2D eigenvalue weighted by molar-refractivity contribution is 6.31. The Balaban J connectivity index is 1.69. The van der Waals surface area contributed by atoms with Crippen LogP contribution in [0.3, 0.4) is 0 Å². The summed E-state index contributed by atoms with van der Waals surface area (Å²) in [4.78, 5) is 16.1. The predicted molar refractivity (Wildman–Crippen MR) is 92.5 cm³/mol. The molecule has 0 aliphatic carbocycles. The number of amides is 1. The van der Waals surface area contributed by atoms with Crippen LogP contribution in [0.4, 0.5) is 10.5 Å². The van der Waals surface area contributed by atoms with E-state index in [1.165, 1.54) is 0 Å². The lowest BCUT2D eigenvalue weighted by molar-refractivity contribution is 0.0240. The second kappa shape index (κ2) is 6.59. The number of carbonyl (C=O) groups excluding carboxylic acids is 1. The van der Waals surface area contributed by atoms with E-state index in [1.807, 2.05) is 26.8 Å². The molecule has 2 aliphatic rings. The lowest BCUT2D eigenvalue weighted by Crippen LogP contribution is -2.50. The molecule has 1 aromatic carbocycles. The number of piperazine rings is 1. The maximum atomic E-state index is 12.2. The summed E-state index contributed by atoms with van der Waals surface area (Å²) in [7, 11) is 0. The third-order valence-electron chi connectivity index (χ3n) is 3.86. The molecule has 1 fully saturated rings. The van der Waals surface area contributed by atoms with Gasteiger partial charge in [0.15, 0.2) is 11.5 Å². The van der Waals surface area contributed by atoms with E-state index in [-0.39, 0.29) is 6.09 Å². The molecule has 0 aromatic heterocycles. The molecule has 2 heterocycles. The minimum Gasteiger partial charge on any atom is -0.486 e. The quantitative estimate of drug-likeness (QED) is 0.775. The van der Waals surface area contributed by atoms with Gasteiger partial charge in [-0.25, -0.2) is 4.79 Å². The van der Waals surface area contributed by atoms with Crippen molar-refractivity contribution in [2.45, 2.75) is 26.4 Å². The highest BCUT2D eigenvalue weighted by atomic mass is 35.5. The summed E-state index contributed by atoms with van der Waals surface area (Å²) in [5, 5.41) is 0.615. The first-order valence-electron chi connectivity index (χ1n) is 8.15. The van der Waals surface area contributed by atoms with Gasteiger partial charge < -0.3 is 24.0 Å². The predicted octanol–water partition coefficient (Wildman–Crippen LogP) is 3.17. The van der Waals surface area contributed by atoms with Crippen LogP contribution in [0.2, 0.25) is 5.02 Å². The van der Waals surface area contributed by atoms with Crippen LogP contribution in [0.5, 0.6) is 11.5 Å². The van der Waals surface area contributed by atoms with Gasteiger partial charge in [-0.1, -0.05) is 11.6 Å². The molecule has 132 valence electrons. The molecule has 3 rings (SSSR count). The number of fused-ring (bicyclic) bond motifs is 1. The molecular weight excluding hydrogens is 332 g/mol. The van der Waals surface area contributed by atoms with Crippen molar-refractivity contribution in [3.05, 3.63) is 17.2 Å². The second-order valence-corrected chi connectivity index (χ2v) is 7.34. The highest BCUT2D eigenvalue weighted by Gasteiger charge is 2.28. The van der Waals surface area contributed by atoms with E-state index < -0.39 is 5.60 Å². The zero-order valence-electron chi connectivity index (χ0n) is 14.3. The van der Waals surface area contributed by atoms with E-state index in [0.717, 1.165) is 11.4 Å². The first-order valence-corrected chi connectivity index (χ1v) is 8.53. The number of carbonyl (C=O) groups is 1. The molecule has 2 aliphatic heterocycles. The van der Waals surface area contributed by atoms with Gasteiger partial charge in [-0.3, -0.25) is 0 Å². The minimum absolute atomic E-state index is 0.269. The van der Waals surface area contributed by atoms with Crippen molar-refractivity contribution in [2.24, 2.45) is 0 Å². The number of anilines is 1. The lowest BCUT2D eigenvalue weighted by atomic mass is 10.2. The number of benzene rings is 1. The molecule has 6 nitrogen and oxygen atoms in total. The topological polar surface area (TPSA) is 51.2 Å². The number of rotatable bonds is 1. The third kappa shape index (κ3) is 3.80. The van der Waals surface area contributed by atoms with Gasteiger partial charge in [0.05, 0.1) is 5.69 Å². The molecule has 0 N–H and O–H groups in total. The Morgan fingerprint density at radius 3 is 2.46 bits per heavy atom. The third-order valence-corrected chi connectivity index (χ3v) is 4.08. The van der Waals surface area contributed by atoms with Gasteiger partial charge in [0.1, 0.15) is 18.8 Å². The Labute approximate surface area is 147 Å². The Morgan fingerprint density at radius 1 is 1.12 bits per heavy atom. The summed E-state index contributed by atoms with van der Waals surface area (Å²) in [5.41, 5.74) is 0.437. The summed E-state index contributed by atoms with van der Waals surface area (Å²) in [6.07, 6.45) is -0.269. The van der Waals surface area contributed by atoms with E-state index >= 15 is 0 Å². The van der Waals surface area contributed by atoms with Gasteiger partial charge in [0.2, 0.25) is 0 Å². The normalized spacial score (nSPS) is 17.7. The van der Waals surface area contributed by atoms with Crippen LogP contribution in [-0.4, -0.2) is 56.0 Å². The van der Waals surface area contributed by atoms with Crippen molar-refractivity contribution >= 4 is 23.4 Å². The van der Waals surface area contributed by atoms with Crippen LogP contribution in [0.25, 0.3) is 0 Å². The van der Waals surface area contributed by atoms with Gasteiger partial charge in [0.25, 0.3) is 0 Å². The molecule has 0 unspecified atom stereocenters. The number of halogens is 1. The van der Waals surface area contributed by atoms with Gasteiger partial charge in [-0.2, -0.15) is 0 Å². The zero-order chi connectivity index (χ0) is 17.3. The Hall–Kier alpha value is -1.82. The largest absolute Gasteiger partial charge is 0.486 e. The van der Waals surface area contributed by atoms with Gasteiger partial charge in [0, 0.05) is 37.3 Å². The van der Waals surface area contributed by atoms with Crippen molar-refractivity contribution < 1.29 is 19.0 Å². The van der Waals surface area contributed by atoms with Crippen molar-refractivity contribution in [3.8, 4) is 11.5 Å². The lowest BCUT2D eigenvalue weighted by Gasteiger charge is -2.37. The van der Waals surface area contributed by atoms with Gasteiger partial charge in [-0.15, -0.1) is 0 Å². The molecule has 24 heavy (non-hydrogen) atoms. The number of hydrogen-bond acceptors (Lipinski definition) is 5. The monoisotopic (exact) mass is 354 g/mol. The van der Waals surface area contributed by atoms with Crippen LogP contribution >= 0.6 is 11.6 Å². The van der Waals surface area contributed by atoms with Crippen LogP contribution in [0.15, 0.2) is 12.1 Å². The SMILES string of the molecule is CC(C)(C)OC(=O)N1CCN(c2cc(Cl)cc3c2OCCO3)CC1. The maximum absolute atomic E-state index is 12.2. The average Bonchev–Trinajstić information content (AvgIpc) is 2.52. The fourth-order valence-electron chi connectivity index (χ4n) is 2.79. The van der Waals surface area contributed by atoms with Crippen LogP contribution in [0, 0.1) is 0 Å². The van der Waals surface area contributed by atoms with Gasteiger partial charge in [-0.05, 0) is 26.8 Å². The summed E-state index contributed by atoms with van der Waals surface area (Å²) >= 11 is 6.21. The molecule has 1 aromatic rings. The smallest absolute Gasteiger partial charge is 0.410 e. The van der Waals surface area contributed by atoms with E-state index in [9.17, 15) is 4.79 Å². The van der Waals surface area contributed by atoms with E-state index in [2.05, 4.69) is 4.90 Å². The average molecular weight is 355 g/mol. The highest BCUT2D eigenvalue weighted by Crippen LogP contribution is 2.42. The number of hydrogen-bond donors (Lipinski definition) is 0. The number of nitrogens with zero attached hydrogens (tertiary/aromatic N) is 2. The van der Waals surface area contributed by atoms with Crippen LogP contribution in [0.1, 0.15) is 20.8 Å². The maximum Gasteiger partial charge on any atom is 0.410 e. The summed E-state index contributed by atoms with van der Waals surface area (Å²) in [6.45, 7) is 9.24. The molecule has 7 heteroatoms. The van der Waals surface area contributed by atoms with Crippen molar-refractivity contribution in [2.75, 3.05) is 44.3 Å². The molecule has 0 saturated carbocycles. The first kappa shape index (κ1) is 17.0. The molecular formula is C17H23ClN2O4. The fourth-order valence-corrected chi connectivity index (χ4v) is 3.00. The fraction of sp³-hybridized carbons (Fsp3) is 0.588. The van der Waals surface area contributed by atoms with Crippen molar-refractivity contribution in [3.63, 3.8) is 0 Å². The van der Waals surface area contributed by atoms with Gasteiger partial charge >= 0.3 is 6.09 Å².